The zero-order valence-electron chi connectivity index (χ0n) is 9.05. The maximum absolute atomic E-state index is 10.1. The number of ether oxygens (including phenoxy) is 2. The van der Waals surface area contributed by atoms with Gasteiger partial charge in [-0.2, -0.15) is 0 Å². The Bertz CT molecular complexity index is 330. The van der Waals surface area contributed by atoms with Gasteiger partial charge in [-0.1, -0.05) is 12.1 Å². The SMILES string of the molecule is CC(N)C1(O)COc2ccccc2OC1.Cl. The maximum atomic E-state index is 10.1. The molecule has 1 unspecified atom stereocenters. The van der Waals surface area contributed by atoms with Crippen molar-refractivity contribution in [3.05, 3.63) is 24.3 Å². The fraction of sp³-hybridized carbons (Fsp3) is 0.455. The van der Waals surface area contributed by atoms with Crippen LogP contribution in [0.5, 0.6) is 11.5 Å². The molecule has 1 aliphatic rings. The van der Waals surface area contributed by atoms with Crippen molar-refractivity contribution in [2.24, 2.45) is 5.73 Å². The second kappa shape index (κ2) is 4.91. The molecule has 4 nitrogen and oxygen atoms in total. The molecule has 0 aliphatic carbocycles. The van der Waals surface area contributed by atoms with Gasteiger partial charge in [-0.3, -0.25) is 0 Å². The number of para-hydroxylation sites is 2. The summed E-state index contributed by atoms with van der Waals surface area (Å²) in [6.45, 7) is 2.05. The molecule has 1 atom stereocenters. The first-order chi connectivity index (χ1) is 7.12. The minimum atomic E-state index is -1.13. The topological polar surface area (TPSA) is 64.7 Å². The van der Waals surface area contributed by atoms with Crippen LogP contribution in [-0.4, -0.2) is 30.0 Å². The fourth-order valence-electron chi connectivity index (χ4n) is 1.40. The summed E-state index contributed by atoms with van der Waals surface area (Å²) in [5, 5.41) is 10.1. The lowest BCUT2D eigenvalue weighted by atomic mass is 9.99. The van der Waals surface area contributed by atoms with E-state index in [1.807, 2.05) is 24.3 Å². The summed E-state index contributed by atoms with van der Waals surface area (Å²) in [4.78, 5) is 0. The monoisotopic (exact) mass is 245 g/mol. The van der Waals surface area contributed by atoms with Crippen LogP contribution in [0.4, 0.5) is 0 Å². The minimum Gasteiger partial charge on any atom is -0.486 e. The molecule has 0 saturated carbocycles. The van der Waals surface area contributed by atoms with Gasteiger partial charge in [0.05, 0.1) is 0 Å². The van der Waals surface area contributed by atoms with E-state index in [0.29, 0.717) is 11.5 Å². The van der Waals surface area contributed by atoms with Crippen LogP contribution in [-0.2, 0) is 0 Å². The highest BCUT2D eigenvalue weighted by molar-refractivity contribution is 5.85. The lowest BCUT2D eigenvalue weighted by molar-refractivity contribution is -0.0433. The first kappa shape index (κ1) is 13.1. The Morgan fingerprint density at radius 2 is 1.69 bits per heavy atom. The van der Waals surface area contributed by atoms with Crippen molar-refractivity contribution < 1.29 is 14.6 Å². The summed E-state index contributed by atoms with van der Waals surface area (Å²) < 4.78 is 10.9. The summed E-state index contributed by atoms with van der Waals surface area (Å²) in [7, 11) is 0. The summed E-state index contributed by atoms with van der Waals surface area (Å²) >= 11 is 0. The lowest BCUT2D eigenvalue weighted by Crippen LogP contribution is -2.54. The van der Waals surface area contributed by atoms with Crippen LogP contribution >= 0.6 is 12.4 Å². The van der Waals surface area contributed by atoms with Crippen molar-refractivity contribution in [2.75, 3.05) is 13.2 Å². The summed E-state index contributed by atoms with van der Waals surface area (Å²) in [6, 6.07) is 6.94. The van der Waals surface area contributed by atoms with Gasteiger partial charge >= 0.3 is 0 Å². The van der Waals surface area contributed by atoms with Crippen LogP contribution in [0.3, 0.4) is 0 Å². The van der Waals surface area contributed by atoms with E-state index in [0.717, 1.165) is 0 Å². The molecule has 0 amide bonds. The molecule has 1 aromatic carbocycles. The summed E-state index contributed by atoms with van der Waals surface area (Å²) in [6.07, 6.45) is 0. The van der Waals surface area contributed by atoms with Gasteiger partial charge in [-0.15, -0.1) is 12.4 Å². The minimum absolute atomic E-state index is 0. The standard InChI is InChI=1S/C11H15NO3.ClH/c1-8(12)11(13)6-14-9-4-2-3-5-10(9)15-7-11;/h2-5,8,13H,6-7,12H2,1H3;1H. The van der Waals surface area contributed by atoms with Gasteiger partial charge in [0.2, 0.25) is 0 Å². The highest BCUT2D eigenvalue weighted by Gasteiger charge is 2.36. The third kappa shape index (κ3) is 2.40. The van der Waals surface area contributed by atoms with Crippen LogP contribution in [0.25, 0.3) is 0 Å². The first-order valence-electron chi connectivity index (χ1n) is 4.94. The average Bonchev–Trinajstić information content (AvgIpc) is 2.40. The number of hydrogen-bond acceptors (Lipinski definition) is 4. The van der Waals surface area contributed by atoms with Crippen LogP contribution < -0.4 is 15.2 Å². The van der Waals surface area contributed by atoms with Crippen LogP contribution in [0, 0.1) is 0 Å². The first-order valence-corrected chi connectivity index (χ1v) is 4.94. The molecular weight excluding hydrogens is 230 g/mol. The molecule has 0 bridgehead atoms. The van der Waals surface area contributed by atoms with Crippen molar-refractivity contribution >= 4 is 12.4 Å². The number of halogens is 1. The van der Waals surface area contributed by atoms with Crippen molar-refractivity contribution in [3.63, 3.8) is 0 Å². The molecule has 5 heteroatoms. The van der Waals surface area contributed by atoms with E-state index in [1.165, 1.54) is 0 Å². The van der Waals surface area contributed by atoms with Crippen LogP contribution in [0.2, 0.25) is 0 Å². The number of benzene rings is 1. The van der Waals surface area contributed by atoms with E-state index in [4.69, 9.17) is 15.2 Å². The molecule has 0 aromatic heterocycles. The molecule has 0 fully saturated rings. The quantitative estimate of drug-likeness (QED) is 0.774. The molecule has 90 valence electrons. The van der Waals surface area contributed by atoms with Gasteiger partial charge in [-0.25, -0.2) is 0 Å². The molecule has 0 spiro atoms. The smallest absolute Gasteiger partial charge is 0.161 e. The molecular formula is C11H16ClNO3. The van der Waals surface area contributed by atoms with Crippen molar-refractivity contribution in [2.45, 2.75) is 18.6 Å². The predicted octanol–water partition coefficient (Wildman–Crippen LogP) is 0.958. The second-order valence-electron chi connectivity index (χ2n) is 3.92. The molecule has 1 aromatic rings. The number of aliphatic hydroxyl groups is 1. The normalized spacial score (nSPS) is 19.2. The maximum Gasteiger partial charge on any atom is 0.161 e. The van der Waals surface area contributed by atoms with E-state index in [1.54, 1.807) is 6.92 Å². The van der Waals surface area contributed by atoms with Crippen molar-refractivity contribution in [3.8, 4) is 11.5 Å². The predicted molar refractivity (Wildman–Crippen MR) is 63.3 cm³/mol. The number of fused-ring (bicyclic) bond motifs is 1. The Kier molecular flexibility index (Phi) is 4.02. The molecule has 1 heterocycles. The van der Waals surface area contributed by atoms with E-state index < -0.39 is 11.6 Å². The van der Waals surface area contributed by atoms with Crippen LogP contribution in [0.1, 0.15) is 6.92 Å². The lowest BCUT2D eigenvalue weighted by Gasteiger charge is -2.28. The van der Waals surface area contributed by atoms with E-state index >= 15 is 0 Å². The number of nitrogens with two attached hydrogens (primary N) is 1. The van der Waals surface area contributed by atoms with Gasteiger partial charge in [0, 0.05) is 6.04 Å². The van der Waals surface area contributed by atoms with Crippen LogP contribution in [0.15, 0.2) is 24.3 Å². The number of hydrogen-bond donors (Lipinski definition) is 2. The molecule has 0 radical (unpaired) electrons. The Morgan fingerprint density at radius 3 is 2.06 bits per heavy atom. The van der Waals surface area contributed by atoms with Gasteiger partial charge < -0.3 is 20.3 Å². The van der Waals surface area contributed by atoms with Crippen molar-refractivity contribution in [1.82, 2.24) is 0 Å². The largest absolute Gasteiger partial charge is 0.486 e. The Labute approximate surface area is 101 Å². The van der Waals surface area contributed by atoms with Gasteiger partial charge in [0.25, 0.3) is 0 Å². The fourth-order valence-corrected chi connectivity index (χ4v) is 1.40. The molecule has 16 heavy (non-hydrogen) atoms. The molecule has 1 aliphatic heterocycles. The summed E-state index contributed by atoms with van der Waals surface area (Å²) in [5.41, 5.74) is 4.57. The average molecular weight is 246 g/mol. The summed E-state index contributed by atoms with van der Waals surface area (Å²) in [5.74, 6) is 1.29. The molecule has 3 N–H and O–H groups in total. The van der Waals surface area contributed by atoms with Gasteiger partial charge in [-0.05, 0) is 19.1 Å². The van der Waals surface area contributed by atoms with Gasteiger partial charge in [0.15, 0.2) is 11.5 Å². The van der Waals surface area contributed by atoms with Gasteiger partial charge in [0.1, 0.15) is 18.8 Å². The Hall–Kier alpha value is -0.970. The highest BCUT2D eigenvalue weighted by atomic mass is 35.5. The Balaban J connectivity index is 0.00000128. The van der Waals surface area contributed by atoms with Crippen molar-refractivity contribution in [1.29, 1.82) is 0 Å². The highest BCUT2D eigenvalue weighted by Crippen LogP contribution is 2.31. The third-order valence-corrected chi connectivity index (χ3v) is 2.65. The third-order valence-electron chi connectivity index (χ3n) is 2.65. The van der Waals surface area contributed by atoms with E-state index in [9.17, 15) is 5.11 Å². The Morgan fingerprint density at radius 1 is 1.25 bits per heavy atom. The molecule has 0 saturated heterocycles. The second-order valence-corrected chi connectivity index (χ2v) is 3.92. The number of rotatable bonds is 1. The molecule has 2 rings (SSSR count). The van der Waals surface area contributed by atoms with E-state index in [2.05, 4.69) is 0 Å². The zero-order valence-corrected chi connectivity index (χ0v) is 9.87. The van der Waals surface area contributed by atoms with E-state index in [-0.39, 0.29) is 25.6 Å². The zero-order chi connectivity index (χ0) is 10.9.